The predicted molar refractivity (Wildman–Crippen MR) is 88.3 cm³/mol. The van der Waals surface area contributed by atoms with Crippen LogP contribution in [0.1, 0.15) is 42.4 Å². The van der Waals surface area contributed by atoms with Crippen LogP contribution in [0.2, 0.25) is 0 Å². The second-order valence-corrected chi connectivity index (χ2v) is 5.40. The van der Waals surface area contributed by atoms with Crippen molar-refractivity contribution in [1.29, 1.82) is 0 Å². The van der Waals surface area contributed by atoms with Crippen molar-refractivity contribution >= 4 is 17.5 Å². The molecule has 7 heteroatoms. The normalized spacial score (nSPS) is 10.5. The number of para-hydroxylation sites is 1. The fourth-order valence-corrected chi connectivity index (χ4v) is 2.14. The van der Waals surface area contributed by atoms with Crippen LogP contribution in [0, 0.1) is 18.6 Å². The number of amides is 1. The summed E-state index contributed by atoms with van der Waals surface area (Å²) in [5.41, 5.74) is 0.318. The predicted octanol–water partition coefficient (Wildman–Crippen LogP) is 3.73. The van der Waals surface area contributed by atoms with E-state index < -0.39 is 11.6 Å². The number of aromatic nitrogens is 2. The number of aryl methyl sites for hydroxylation is 1. The number of nitrogens with one attached hydrogen (secondary N) is 2. The van der Waals surface area contributed by atoms with E-state index in [1.54, 1.807) is 6.92 Å². The van der Waals surface area contributed by atoms with Crippen LogP contribution in [0.25, 0.3) is 0 Å². The quantitative estimate of drug-likeness (QED) is 0.757. The Hall–Kier alpha value is -2.57. The van der Waals surface area contributed by atoms with E-state index in [0.29, 0.717) is 12.2 Å². The summed E-state index contributed by atoms with van der Waals surface area (Å²) >= 11 is 0. The maximum Gasteiger partial charge on any atom is 0.270 e. The van der Waals surface area contributed by atoms with Crippen molar-refractivity contribution in [3.8, 4) is 0 Å². The summed E-state index contributed by atoms with van der Waals surface area (Å²) in [6.07, 6.45) is 2.98. The Bertz CT molecular complexity index is 701. The zero-order valence-electron chi connectivity index (χ0n) is 13.7. The number of unbranched alkanes of at least 4 members (excludes halogenated alkanes) is 2. The van der Waals surface area contributed by atoms with E-state index in [0.717, 1.165) is 31.4 Å². The van der Waals surface area contributed by atoms with E-state index in [-0.39, 0.29) is 23.2 Å². The highest BCUT2D eigenvalue weighted by molar-refractivity contribution is 5.92. The van der Waals surface area contributed by atoms with Crippen LogP contribution >= 0.6 is 0 Å². The summed E-state index contributed by atoms with van der Waals surface area (Å²) in [5.74, 6) is -1.89. The highest BCUT2D eigenvalue weighted by Crippen LogP contribution is 2.21. The molecule has 0 bridgehead atoms. The highest BCUT2D eigenvalue weighted by Gasteiger charge is 2.13. The number of benzene rings is 1. The van der Waals surface area contributed by atoms with E-state index in [1.807, 2.05) is 0 Å². The third-order valence-electron chi connectivity index (χ3n) is 3.35. The van der Waals surface area contributed by atoms with E-state index in [1.165, 1.54) is 12.1 Å². The maximum absolute atomic E-state index is 13.7. The first-order valence-corrected chi connectivity index (χ1v) is 7.86. The first kappa shape index (κ1) is 17.8. The smallest absolute Gasteiger partial charge is 0.270 e. The lowest BCUT2D eigenvalue weighted by Gasteiger charge is -2.10. The molecule has 0 unspecified atom stereocenters. The van der Waals surface area contributed by atoms with Crippen molar-refractivity contribution in [1.82, 2.24) is 15.3 Å². The lowest BCUT2D eigenvalue weighted by Crippen LogP contribution is -2.26. The van der Waals surface area contributed by atoms with E-state index >= 15 is 0 Å². The number of anilines is 2. The molecule has 0 aliphatic rings. The molecular formula is C17H20F2N4O. The molecule has 2 rings (SSSR count). The molecule has 5 nitrogen and oxygen atoms in total. The average Bonchev–Trinajstić information content (AvgIpc) is 2.54. The second-order valence-electron chi connectivity index (χ2n) is 5.40. The molecule has 0 fully saturated rings. The first-order valence-electron chi connectivity index (χ1n) is 7.86. The van der Waals surface area contributed by atoms with Crippen LogP contribution < -0.4 is 10.6 Å². The van der Waals surface area contributed by atoms with Gasteiger partial charge in [-0.15, -0.1) is 0 Å². The van der Waals surface area contributed by atoms with Gasteiger partial charge in [0.25, 0.3) is 5.91 Å². The molecule has 1 aromatic heterocycles. The molecule has 0 radical (unpaired) electrons. The minimum atomic E-state index is -0.759. The van der Waals surface area contributed by atoms with Gasteiger partial charge in [0, 0.05) is 12.2 Å². The minimum absolute atomic E-state index is 0.0299. The standard InChI is InChI=1S/C17H20F2N4O/c1-3-4-5-9-20-16(24)14-10-11(2)21-17(22-14)23-15-12(18)7-6-8-13(15)19/h6-8,10H,3-5,9H2,1-2H3,(H,20,24)(H,21,22,23). The van der Waals surface area contributed by atoms with Crippen molar-refractivity contribution in [2.45, 2.75) is 33.1 Å². The number of rotatable bonds is 7. The lowest BCUT2D eigenvalue weighted by atomic mass is 10.2. The van der Waals surface area contributed by atoms with Crippen LogP contribution in [0.4, 0.5) is 20.4 Å². The topological polar surface area (TPSA) is 66.9 Å². The summed E-state index contributed by atoms with van der Waals surface area (Å²) in [6.45, 7) is 4.31. The van der Waals surface area contributed by atoms with Gasteiger partial charge in [-0.25, -0.2) is 18.7 Å². The zero-order chi connectivity index (χ0) is 17.5. The van der Waals surface area contributed by atoms with Gasteiger partial charge in [-0.1, -0.05) is 25.8 Å². The molecule has 1 heterocycles. The molecule has 0 atom stereocenters. The summed E-state index contributed by atoms with van der Waals surface area (Å²) in [6, 6.07) is 5.05. The van der Waals surface area contributed by atoms with Gasteiger partial charge in [-0.05, 0) is 31.5 Å². The van der Waals surface area contributed by atoms with Crippen LogP contribution in [-0.4, -0.2) is 22.4 Å². The van der Waals surface area contributed by atoms with Crippen molar-refractivity contribution in [3.05, 3.63) is 47.3 Å². The summed E-state index contributed by atoms with van der Waals surface area (Å²) in [7, 11) is 0. The molecule has 2 N–H and O–H groups in total. The van der Waals surface area contributed by atoms with E-state index in [4.69, 9.17) is 0 Å². The third kappa shape index (κ3) is 4.71. The number of halogens is 2. The molecule has 0 saturated heterocycles. The van der Waals surface area contributed by atoms with Crippen LogP contribution in [0.5, 0.6) is 0 Å². The Morgan fingerprint density at radius 1 is 1.17 bits per heavy atom. The highest BCUT2D eigenvalue weighted by atomic mass is 19.1. The van der Waals surface area contributed by atoms with Gasteiger partial charge in [-0.3, -0.25) is 4.79 Å². The molecule has 128 valence electrons. The van der Waals surface area contributed by atoms with Gasteiger partial charge >= 0.3 is 0 Å². The van der Waals surface area contributed by atoms with Gasteiger partial charge in [0.2, 0.25) is 5.95 Å². The Morgan fingerprint density at radius 2 is 1.88 bits per heavy atom. The number of carbonyl (C=O) groups is 1. The molecule has 0 aliphatic heterocycles. The Morgan fingerprint density at radius 3 is 2.54 bits per heavy atom. The third-order valence-corrected chi connectivity index (χ3v) is 3.35. The van der Waals surface area contributed by atoms with Crippen molar-refractivity contribution < 1.29 is 13.6 Å². The average molecular weight is 334 g/mol. The number of hydrogen-bond donors (Lipinski definition) is 2. The van der Waals surface area contributed by atoms with Gasteiger partial charge in [0.05, 0.1) is 0 Å². The second kappa shape index (κ2) is 8.33. The fraction of sp³-hybridized carbons (Fsp3) is 0.353. The summed E-state index contributed by atoms with van der Waals surface area (Å²) in [5, 5.41) is 5.27. The van der Waals surface area contributed by atoms with Gasteiger partial charge in [-0.2, -0.15) is 0 Å². The molecule has 0 aliphatic carbocycles. The number of nitrogens with zero attached hydrogens (tertiary/aromatic N) is 2. The van der Waals surface area contributed by atoms with E-state index in [9.17, 15) is 13.6 Å². The molecule has 2 aromatic rings. The lowest BCUT2D eigenvalue weighted by molar-refractivity contribution is 0.0948. The van der Waals surface area contributed by atoms with Gasteiger partial charge in [0.15, 0.2) is 0 Å². The van der Waals surface area contributed by atoms with Crippen LogP contribution in [0.3, 0.4) is 0 Å². The number of hydrogen-bond acceptors (Lipinski definition) is 4. The molecule has 1 amide bonds. The molecule has 24 heavy (non-hydrogen) atoms. The summed E-state index contributed by atoms with van der Waals surface area (Å²) in [4.78, 5) is 20.2. The first-order chi connectivity index (χ1) is 11.5. The van der Waals surface area contributed by atoms with Gasteiger partial charge in [0.1, 0.15) is 23.0 Å². The van der Waals surface area contributed by atoms with Crippen LogP contribution in [0.15, 0.2) is 24.3 Å². The number of carbonyl (C=O) groups excluding carboxylic acids is 1. The SMILES string of the molecule is CCCCCNC(=O)c1cc(C)nc(Nc2c(F)cccc2F)n1. The van der Waals surface area contributed by atoms with Crippen molar-refractivity contribution in [2.24, 2.45) is 0 Å². The fourth-order valence-electron chi connectivity index (χ4n) is 2.14. The monoisotopic (exact) mass is 334 g/mol. The van der Waals surface area contributed by atoms with Crippen molar-refractivity contribution in [2.75, 3.05) is 11.9 Å². The summed E-state index contributed by atoms with van der Waals surface area (Å²) < 4.78 is 27.4. The Kier molecular flexibility index (Phi) is 6.17. The maximum atomic E-state index is 13.7. The van der Waals surface area contributed by atoms with Crippen molar-refractivity contribution in [3.63, 3.8) is 0 Å². The molecular weight excluding hydrogens is 314 g/mol. The Balaban J connectivity index is 2.15. The zero-order valence-corrected chi connectivity index (χ0v) is 13.7. The van der Waals surface area contributed by atoms with Crippen LogP contribution in [-0.2, 0) is 0 Å². The molecule has 1 aromatic carbocycles. The molecule has 0 spiro atoms. The van der Waals surface area contributed by atoms with E-state index in [2.05, 4.69) is 27.5 Å². The minimum Gasteiger partial charge on any atom is -0.351 e. The Labute approximate surface area is 139 Å². The largest absolute Gasteiger partial charge is 0.351 e. The van der Waals surface area contributed by atoms with Gasteiger partial charge < -0.3 is 10.6 Å². The molecule has 0 saturated carbocycles.